The van der Waals surface area contributed by atoms with E-state index in [-0.39, 0.29) is 26.7 Å². The number of rotatable bonds is 13. The number of unbranched alkanes of at least 4 members (excludes halogenated alkanes) is 2. The smallest absolute Gasteiger partial charge is 0.287 e. The van der Waals surface area contributed by atoms with Gasteiger partial charge in [0.25, 0.3) is 11.1 Å². The Morgan fingerprint density at radius 3 is 1.85 bits per heavy atom. The summed E-state index contributed by atoms with van der Waals surface area (Å²) in [4.78, 5) is 24.4. The number of hydrogen-bond acceptors (Lipinski definition) is 7. The van der Waals surface area contributed by atoms with Gasteiger partial charge in [-0.1, -0.05) is 122 Å². The van der Waals surface area contributed by atoms with Crippen LogP contribution in [-0.2, 0) is 40.9 Å². The van der Waals surface area contributed by atoms with Crippen molar-refractivity contribution in [1.82, 2.24) is 19.6 Å². The lowest BCUT2D eigenvalue weighted by Crippen LogP contribution is -2.40. The Morgan fingerprint density at radius 2 is 1.33 bits per heavy atom. The molecule has 2 heterocycles. The lowest BCUT2D eigenvalue weighted by Gasteiger charge is -2.36. The minimum atomic E-state index is -1.55. The Labute approximate surface area is 352 Å². The first-order valence-electron chi connectivity index (χ1n) is 18.4. The van der Waals surface area contributed by atoms with Gasteiger partial charge < -0.3 is 4.43 Å². The summed E-state index contributed by atoms with van der Waals surface area (Å²) in [5, 5.41) is 9.57. The first kappa shape index (κ1) is 48.3. The summed E-state index contributed by atoms with van der Waals surface area (Å²) in [6.45, 7) is 20.3. The van der Waals surface area contributed by atoms with E-state index in [9.17, 15) is 9.59 Å². The zero-order chi connectivity index (χ0) is 40.7. The number of thiol groups is 1. The molecule has 0 unspecified atom stereocenters. The Morgan fingerprint density at radius 1 is 0.796 bits per heavy atom. The fraction of sp³-hybridized carbons (Fsp3) is 0.512. The molecule has 0 bridgehead atoms. The van der Waals surface area contributed by atoms with Crippen LogP contribution in [-0.4, -0.2) is 34.5 Å². The third-order valence-electron chi connectivity index (χ3n) is 9.12. The van der Waals surface area contributed by atoms with E-state index in [1.807, 2.05) is 20.8 Å². The van der Waals surface area contributed by atoms with Gasteiger partial charge in [-0.05, 0) is 93.3 Å². The first-order valence-corrected chi connectivity index (χ1v) is 24.6. The average molecular weight is 899 g/mol. The second kappa shape index (κ2) is 22.8. The highest BCUT2D eigenvalue weighted by molar-refractivity contribution is 9.08. The van der Waals surface area contributed by atoms with Crippen molar-refractivity contribution >= 4 is 71.8 Å². The SMILES string of the molecule is CC(C)(C)[Si](C)(C)OCCCCc1ccc(CBr)cc1.CC(C)(C)n1ncc(S)c(Cl)c1=O.CCCCc1ccc(CSc2cnn(C)c(=O)c2Cl)cc1. The van der Waals surface area contributed by atoms with Gasteiger partial charge in [0.05, 0.1) is 22.8 Å². The lowest BCUT2D eigenvalue weighted by molar-refractivity contribution is 0.279. The molecule has 7 nitrogen and oxygen atoms in total. The van der Waals surface area contributed by atoms with Crippen LogP contribution in [0, 0.1) is 0 Å². The molecule has 4 rings (SSSR count). The van der Waals surface area contributed by atoms with Crippen molar-refractivity contribution in [3.8, 4) is 0 Å². The molecule has 0 aliphatic rings. The summed E-state index contributed by atoms with van der Waals surface area (Å²) in [5.41, 5.74) is 4.45. The van der Waals surface area contributed by atoms with Crippen molar-refractivity contribution in [1.29, 1.82) is 0 Å². The zero-order valence-electron chi connectivity index (χ0n) is 33.6. The quantitative estimate of drug-likeness (QED) is 0.0473. The van der Waals surface area contributed by atoms with E-state index in [0.717, 1.165) is 41.8 Å². The van der Waals surface area contributed by atoms with E-state index in [2.05, 4.69) is 128 Å². The van der Waals surface area contributed by atoms with Gasteiger partial charge in [-0.25, -0.2) is 9.36 Å². The minimum Gasteiger partial charge on any atom is -0.417 e. The van der Waals surface area contributed by atoms with Crippen molar-refractivity contribution < 1.29 is 4.43 Å². The predicted octanol–water partition coefficient (Wildman–Crippen LogP) is 11.9. The van der Waals surface area contributed by atoms with Crippen molar-refractivity contribution in [2.75, 3.05) is 6.61 Å². The molecule has 0 amide bonds. The molecule has 4 aromatic rings. The lowest BCUT2D eigenvalue weighted by atomic mass is 10.1. The van der Waals surface area contributed by atoms with Crippen molar-refractivity contribution in [3.63, 3.8) is 0 Å². The first-order chi connectivity index (χ1) is 25.2. The number of benzene rings is 2. The van der Waals surface area contributed by atoms with E-state index in [0.29, 0.717) is 9.93 Å². The summed E-state index contributed by atoms with van der Waals surface area (Å²) < 4.78 is 8.79. The van der Waals surface area contributed by atoms with Gasteiger partial charge in [0.15, 0.2) is 8.32 Å². The van der Waals surface area contributed by atoms with Gasteiger partial charge in [-0.2, -0.15) is 10.2 Å². The molecule has 0 atom stereocenters. The second-order valence-corrected chi connectivity index (χ2v) is 23.3. The molecule has 0 saturated heterocycles. The van der Waals surface area contributed by atoms with Crippen LogP contribution >= 0.6 is 63.5 Å². The topological polar surface area (TPSA) is 79.0 Å². The summed E-state index contributed by atoms with van der Waals surface area (Å²) in [6.07, 6.45) is 10.2. The Hall–Kier alpha value is -1.86. The predicted molar refractivity (Wildman–Crippen MR) is 240 cm³/mol. The fourth-order valence-corrected chi connectivity index (χ4v) is 7.54. The van der Waals surface area contributed by atoms with Crippen LogP contribution in [0.2, 0.25) is 28.2 Å². The van der Waals surface area contributed by atoms with Gasteiger partial charge in [0.2, 0.25) is 0 Å². The number of hydrogen-bond donors (Lipinski definition) is 1. The van der Waals surface area contributed by atoms with Gasteiger partial charge >= 0.3 is 0 Å². The van der Waals surface area contributed by atoms with Crippen LogP contribution in [0.1, 0.15) is 96.4 Å². The highest BCUT2D eigenvalue weighted by atomic mass is 79.9. The van der Waals surface area contributed by atoms with Crippen molar-refractivity contribution in [3.05, 3.63) is 114 Å². The molecule has 54 heavy (non-hydrogen) atoms. The van der Waals surface area contributed by atoms with E-state index in [4.69, 9.17) is 27.6 Å². The van der Waals surface area contributed by atoms with Gasteiger partial charge in [-0.15, -0.1) is 24.4 Å². The Bertz CT molecular complexity index is 1860. The van der Waals surface area contributed by atoms with E-state index < -0.39 is 8.32 Å². The normalized spacial score (nSPS) is 11.7. The Balaban J connectivity index is 0.000000288. The summed E-state index contributed by atoms with van der Waals surface area (Å²) in [5.74, 6) is 0.780. The van der Waals surface area contributed by atoms with Crippen LogP contribution in [0.25, 0.3) is 0 Å². The van der Waals surface area contributed by atoms with Gasteiger partial charge in [0, 0.05) is 29.6 Å². The van der Waals surface area contributed by atoms with Crippen molar-refractivity contribution in [2.24, 2.45) is 7.05 Å². The number of aromatic nitrogens is 4. The molecule has 0 aliphatic carbocycles. The maximum Gasteiger partial charge on any atom is 0.287 e. The maximum atomic E-state index is 11.7. The standard InChI is InChI=1S/C17H29BrOSi.C16H19ClN2OS.C8H11ClN2OS/c1-17(2,3)20(4,5)19-13-7-6-8-15-9-11-16(14-18)12-10-15;1-3-4-5-12-6-8-13(9-7-12)11-21-14-10-18-19(2)16(20)15(14)17;1-8(2,3)11-7(12)6(9)5(13)4-10-11/h9-12H,6-8,13-14H2,1-5H3;6-10H,3-5,11H2,1-2H3;4,13H,1-3H3. The minimum absolute atomic E-state index is 0.119. The third kappa shape index (κ3) is 15.9. The Kier molecular flexibility index (Phi) is 20.4. The molecule has 0 saturated carbocycles. The number of nitrogens with zero attached hydrogens (tertiary/aromatic N) is 4. The highest BCUT2D eigenvalue weighted by Crippen LogP contribution is 2.36. The number of thioether (sulfide) groups is 1. The van der Waals surface area contributed by atoms with Crippen LogP contribution in [0.5, 0.6) is 0 Å². The molecule has 0 aliphatic heterocycles. The third-order valence-corrected chi connectivity index (χ3v) is 16.7. The molecule has 2 aromatic carbocycles. The molecule has 2 aromatic heterocycles. The van der Waals surface area contributed by atoms with Crippen LogP contribution in [0.3, 0.4) is 0 Å². The van der Waals surface area contributed by atoms with E-state index in [1.54, 1.807) is 13.2 Å². The van der Waals surface area contributed by atoms with Crippen molar-refractivity contribution in [2.45, 2.75) is 132 Å². The van der Waals surface area contributed by atoms with E-state index >= 15 is 0 Å². The molecule has 0 N–H and O–H groups in total. The molecular formula is C41H59BrCl2N4O3S2Si. The molecule has 0 spiro atoms. The average Bonchev–Trinajstić information content (AvgIpc) is 3.12. The molecular weight excluding hydrogens is 840 g/mol. The monoisotopic (exact) mass is 896 g/mol. The summed E-state index contributed by atoms with van der Waals surface area (Å²) >= 11 is 20.8. The van der Waals surface area contributed by atoms with Crippen LogP contribution in [0.4, 0.5) is 0 Å². The second-order valence-electron chi connectivity index (χ2n) is 15.7. The van der Waals surface area contributed by atoms with Gasteiger partial charge in [-0.3, -0.25) is 9.59 Å². The molecule has 0 fully saturated rings. The zero-order valence-corrected chi connectivity index (χ0v) is 39.4. The molecule has 298 valence electrons. The summed E-state index contributed by atoms with van der Waals surface area (Å²) in [6, 6.07) is 17.5. The van der Waals surface area contributed by atoms with E-state index in [1.165, 1.54) is 68.8 Å². The number of aryl methyl sites for hydroxylation is 3. The molecule has 0 radical (unpaired) electrons. The largest absolute Gasteiger partial charge is 0.417 e. The maximum absolute atomic E-state index is 11.7. The summed E-state index contributed by atoms with van der Waals surface area (Å²) in [7, 11) is 0.0431. The molecule has 13 heteroatoms. The highest BCUT2D eigenvalue weighted by Gasteiger charge is 2.36. The van der Waals surface area contributed by atoms with Crippen LogP contribution in [0.15, 0.2) is 80.3 Å². The fourth-order valence-electron chi connectivity index (χ4n) is 4.61. The van der Waals surface area contributed by atoms with Gasteiger partial charge in [0.1, 0.15) is 10.0 Å². The number of halogens is 3. The van der Waals surface area contributed by atoms with Crippen LogP contribution < -0.4 is 11.1 Å². The number of alkyl halides is 1.